The first-order chi connectivity index (χ1) is 5.99. The van der Waals surface area contributed by atoms with Crippen molar-refractivity contribution in [2.45, 2.75) is 34.1 Å². The number of rotatable bonds is 5. The monoisotopic (exact) mass is 186 g/mol. The molecule has 0 bridgehead atoms. The summed E-state index contributed by atoms with van der Waals surface area (Å²) in [5.41, 5.74) is 0. The van der Waals surface area contributed by atoms with Gasteiger partial charge in [0.2, 0.25) is 0 Å². The van der Waals surface area contributed by atoms with Crippen LogP contribution in [-0.4, -0.2) is 18.4 Å². The van der Waals surface area contributed by atoms with Crippen LogP contribution in [0.4, 0.5) is 0 Å². The summed E-state index contributed by atoms with van der Waals surface area (Å²) in [4.78, 5) is 22.2. The average molecular weight is 186 g/mol. The molecule has 1 unspecified atom stereocenters. The smallest absolute Gasteiger partial charge is 0.309 e. The van der Waals surface area contributed by atoms with Gasteiger partial charge in [0.05, 0.1) is 12.5 Å². The van der Waals surface area contributed by atoms with Gasteiger partial charge in [-0.05, 0) is 19.8 Å². The van der Waals surface area contributed by atoms with Crippen LogP contribution in [0.3, 0.4) is 0 Å². The Balaban J connectivity index is 4.24. The Kier molecular flexibility index (Phi) is 5.35. The molecule has 0 heterocycles. The lowest BCUT2D eigenvalue weighted by molar-refractivity contribution is -0.151. The van der Waals surface area contributed by atoms with Crippen LogP contribution in [0.1, 0.15) is 34.1 Å². The first kappa shape index (κ1) is 12.1. The second-order valence-corrected chi connectivity index (χ2v) is 3.51. The van der Waals surface area contributed by atoms with E-state index in [2.05, 4.69) is 0 Å². The molecule has 1 atom stereocenters. The Morgan fingerprint density at radius 3 is 2.15 bits per heavy atom. The van der Waals surface area contributed by atoms with E-state index < -0.39 is 0 Å². The minimum Gasteiger partial charge on any atom is -0.466 e. The van der Waals surface area contributed by atoms with E-state index in [4.69, 9.17) is 4.74 Å². The highest BCUT2D eigenvalue weighted by Gasteiger charge is 2.24. The quantitative estimate of drug-likeness (QED) is 0.615. The van der Waals surface area contributed by atoms with Crippen molar-refractivity contribution >= 4 is 11.8 Å². The SMILES string of the molecule is CCOC(=O)C(CC(C)=O)C(C)C. The molecule has 0 saturated carbocycles. The molecule has 13 heavy (non-hydrogen) atoms. The Bertz CT molecular complexity index is 185. The van der Waals surface area contributed by atoms with E-state index in [-0.39, 0.29) is 30.0 Å². The van der Waals surface area contributed by atoms with Crippen LogP contribution in [0.25, 0.3) is 0 Å². The molecular formula is C10H18O3. The van der Waals surface area contributed by atoms with Crippen LogP contribution in [0.2, 0.25) is 0 Å². The average Bonchev–Trinajstić information content (AvgIpc) is 1.99. The van der Waals surface area contributed by atoms with Gasteiger partial charge in [-0.3, -0.25) is 4.79 Å². The van der Waals surface area contributed by atoms with E-state index in [1.807, 2.05) is 13.8 Å². The molecule has 0 saturated heterocycles. The van der Waals surface area contributed by atoms with Gasteiger partial charge in [0, 0.05) is 6.42 Å². The summed E-state index contributed by atoms with van der Waals surface area (Å²) in [7, 11) is 0. The standard InChI is InChI=1S/C10H18O3/c1-5-13-10(12)9(7(2)3)6-8(4)11/h7,9H,5-6H2,1-4H3. The van der Waals surface area contributed by atoms with Crippen molar-refractivity contribution in [3.8, 4) is 0 Å². The number of esters is 1. The third-order valence-corrected chi connectivity index (χ3v) is 1.90. The molecule has 0 N–H and O–H groups in total. The molecule has 76 valence electrons. The minimum atomic E-state index is -0.280. The van der Waals surface area contributed by atoms with Crippen molar-refractivity contribution in [3.05, 3.63) is 0 Å². The fourth-order valence-corrected chi connectivity index (χ4v) is 1.15. The summed E-state index contributed by atoms with van der Waals surface area (Å²) in [5.74, 6) is -0.347. The number of Topliss-reactive ketones (excluding diaryl/α,β-unsaturated/α-hetero) is 1. The van der Waals surface area contributed by atoms with Gasteiger partial charge in [-0.1, -0.05) is 13.8 Å². The zero-order chi connectivity index (χ0) is 10.4. The molecule has 0 amide bonds. The number of ether oxygens (including phenoxy) is 1. The van der Waals surface area contributed by atoms with Gasteiger partial charge in [0.25, 0.3) is 0 Å². The zero-order valence-corrected chi connectivity index (χ0v) is 8.79. The lowest BCUT2D eigenvalue weighted by atomic mass is 9.91. The molecule has 0 rings (SSSR count). The Labute approximate surface area is 79.5 Å². The zero-order valence-electron chi connectivity index (χ0n) is 8.79. The van der Waals surface area contributed by atoms with Crippen molar-refractivity contribution < 1.29 is 14.3 Å². The largest absolute Gasteiger partial charge is 0.466 e. The van der Waals surface area contributed by atoms with E-state index in [0.29, 0.717) is 6.61 Å². The fraction of sp³-hybridized carbons (Fsp3) is 0.800. The van der Waals surface area contributed by atoms with Gasteiger partial charge in [0.1, 0.15) is 5.78 Å². The summed E-state index contributed by atoms with van der Waals surface area (Å²) < 4.78 is 4.88. The number of carbonyl (C=O) groups excluding carboxylic acids is 2. The van der Waals surface area contributed by atoms with Crippen molar-refractivity contribution in [2.24, 2.45) is 11.8 Å². The van der Waals surface area contributed by atoms with Gasteiger partial charge in [-0.15, -0.1) is 0 Å². The molecule has 0 aromatic carbocycles. The molecular weight excluding hydrogens is 168 g/mol. The maximum atomic E-state index is 11.3. The second-order valence-electron chi connectivity index (χ2n) is 3.51. The third kappa shape index (κ3) is 4.65. The number of ketones is 1. The summed E-state index contributed by atoms with van der Waals surface area (Å²) in [5, 5.41) is 0. The van der Waals surface area contributed by atoms with E-state index >= 15 is 0 Å². The van der Waals surface area contributed by atoms with Crippen LogP contribution in [0, 0.1) is 11.8 Å². The maximum Gasteiger partial charge on any atom is 0.309 e. The summed E-state index contributed by atoms with van der Waals surface area (Å²) in [6, 6.07) is 0. The first-order valence-corrected chi connectivity index (χ1v) is 4.65. The topological polar surface area (TPSA) is 43.4 Å². The molecule has 0 spiro atoms. The lowest BCUT2D eigenvalue weighted by Crippen LogP contribution is -2.24. The van der Waals surface area contributed by atoms with Crippen molar-refractivity contribution in [1.29, 1.82) is 0 Å². The molecule has 0 aliphatic rings. The molecule has 0 fully saturated rings. The second kappa shape index (κ2) is 5.73. The summed E-state index contributed by atoms with van der Waals surface area (Å²) >= 11 is 0. The van der Waals surface area contributed by atoms with Gasteiger partial charge >= 0.3 is 5.97 Å². The Hall–Kier alpha value is -0.860. The summed E-state index contributed by atoms with van der Waals surface area (Å²) in [6.07, 6.45) is 0.288. The van der Waals surface area contributed by atoms with E-state index in [1.54, 1.807) is 6.92 Å². The Morgan fingerprint density at radius 1 is 1.31 bits per heavy atom. The van der Waals surface area contributed by atoms with E-state index in [0.717, 1.165) is 0 Å². The number of carbonyl (C=O) groups is 2. The van der Waals surface area contributed by atoms with Crippen molar-refractivity contribution in [1.82, 2.24) is 0 Å². The first-order valence-electron chi connectivity index (χ1n) is 4.65. The minimum absolute atomic E-state index is 0.0340. The molecule has 3 nitrogen and oxygen atoms in total. The van der Waals surface area contributed by atoms with Crippen LogP contribution >= 0.6 is 0 Å². The van der Waals surface area contributed by atoms with E-state index in [1.165, 1.54) is 6.92 Å². The van der Waals surface area contributed by atoms with E-state index in [9.17, 15) is 9.59 Å². The highest BCUT2D eigenvalue weighted by molar-refractivity contribution is 5.82. The third-order valence-electron chi connectivity index (χ3n) is 1.90. The highest BCUT2D eigenvalue weighted by Crippen LogP contribution is 2.17. The molecule has 3 heteroatoms. The van der Waals surface area contributed by atoms with Gasteiger partial charge in [-0.2, -0.15) is 0 Å². The lowest BCUT2D eigenvalue weighted by Gasteiger charge is -2.17. The van der Waals surface area contributed by atoms with Crippen molar-refractivity contribution in [3.63, 3.8) is 0 Å². The normalized spacial score (nSPS) is 12.7. The predicted molar refractivity (Wildman–Crippen MR) is 50.3 cm³/mol. The molecule has 0 radical (unpaired) electrons. The number of hydrogen-bond donors (Lipinski definition) is 0. The summed E-state index contributed by atoms with van der Waals surface area (Å²) in [6.45, 7) is 7.48. The van der Waals surface area contributed by atoms with Crippen LogP contribution < -0.4 is 0 Å². The highest BCUT2D eigenvalue weighted by atomic mass is 16.5. The molecule has 0 aliphatic heterocycles. The van der Waals surface area contributed by atoms with Crippen LogP contribution in [0.15, 0.2) is 0 Å². The van der Waals surface area contributed by atoms with Gasteiger partial charge in [-0.25, -0.2) is 0 Å². The fourth-order valence-electron chi connectivity index (χ4n) is 1.15. The van der Waals surface area contributed by atoms with Gasteiger partial charge < -0.3 is 9.53 Å². The molecule has 0 aliphatic carbocycles. The van der Waals surface area contributed by atoms with Crippen LogP contribution in [0.5, 0.6) is 0 Å². The maximum absolute atomic E-state index is 11.3. The van der Waals surface area contributed by atoms with Crippen LogP contribution in [-0.2, 0) is 14.3 Å². The Morgan fingerprint density at radius 2 is 1.85 bits per heavy atom. The van der Waals surface area contributed by atoms with Crippen molar-refractivity contribution in [2.75, 3.05) is 6.61 Å². The predicted octanol–water partition coefficient (Wildman–Crippen LogP) is 1.80. The van der Waals surface area contributed by atoms with Gasteiger partial charge in [0.15, 0.2) is 0 Å². The molecule has 0 aromatic rings. The molecule has 0 aromatic heterocycles. The number of hydrogen-bond acceptors (Lipinski definition) is 3.